The highest BCUT2D eigenvalue weighted by Crippen LogP contribution is 2.18. The molecule has 0 aliphatic carbocycles. The first kappa shape index (κ1) is 30.4. The maximum Gasteiger partial charge on any atom is 0.326 e. The van der Waals surface area contributed by atoms with Gasteiger partial charge in [-0.15, -0.1) is 0 Å². The van der Waals surface area contributed by atoms with Gasteiger partial charge in [-0.3, -0.25) is 19.4 Å². The number of aromatic amines is 1. The number of aliphatic imine (C=N–C) groups is 1. The van der Waals surface area contributed by atoms with Gasteiger partial charge >= 0.3 is 5.97 Å². The number of guanidine groups is 1. The van der Waals surface area contributed by atoms with Crippen molar-refractivity contribution in [3.63, 3.8) is 0 Å². The predicted octanol–water partition coefficient (Wildman–Crippen LogP) is -0.985. The first-order chi connectivity index (χ1) is 18.1. The summed E-state index contributed by atoms with van der Waals surface area (Å²) in [7, 11) is 0. The molecule has 1 aromatic carbocycles. The number of carbonyl (C=O) groups is 4. The minimum atomic E-state index is -1.16. The van der Waals surface area contributed by atoms with Gasteiger partial charge in [0.2, 0.25) is 17.7 Å². The van der Waals surface area contributed by atoms with Gasteiger partial charge in [-0.05, 0) is 49.3 Å². The second kappa shape index (κ2) is 15.5. The summed E-state index contributed by atoms with van der Waals surface area (Å²) in [5, 5.41) is 17.7. The molecule has 0 spiro atoms. The number of H-pyrrole nitrogens is 1. The number of para-hydroxylation sites is 1. The lowest BCUT2D eigenvalue weighted by molar-refractivity contribution is -0.141. The van der Waals surface area contributed by atoms with Crippen molar-refractivity contribution in [2.24, 2.45) is 22.2 Å². The number of carboxylic acids is 1. The fourth-order valence-corrected chi connectivity index (χ4v) is 4.18. The normalized spacial score (nSPS) is 13.2. The number of nitrogens with one attached hydrogen (secondary N) is 4. The lowest BCUT2D eigenvalue weighted by Crippen LogP contribution is -2.53. The summed E-state index contributed by atoms with van der Waals surface area (Å²) in [6, 6.07) is 4.62. The van der Waals surface area contributed by atoms with E-state index in [0.717, 1.165) is 16.5 Å². The van der Waals surface area contributed by atoms with Crippen molar-refractivity contribution < 1.29 is 24.3 Å². The number of nitrogens with zero attached hydrogens (tertiary/aromatic N) is 1. The van der Waals surface area contributed by atoms with Crippen LogP contribution in [0.3, 0.4) is 0 Å². The van der Waals surface area contributed by atoms with Gasteiger partial charge in [0, 0.05) is 23.6 Å². The third kappa shape index (κ3) is 9.94. The molecule has 0 saturated carbocycles. The van der Waals surface area contributed by atoms with E-state index >= 15 is 0 Å². The molecule has 0 saturated heterocycles. The zero-order valence-corrected chi connectivity index (χ0v) is 22.1. The Bertz CT molecular complexity index is 1130. The van der Waals surface area contributed by atoms with E-state index in [4.69, 9.17) is 17.2 Å². The zero-order chi connectivity index (χ0) is 28.1. The molecular weight excluding hydrogens is 512 g/mol. The standard InChI is InChI=1S/C24H36N8O5S/c1-38-10-8-19(23(36)37)31-20(33)13-30-22(35)18(7-4-9-28-24(26)27)32-21(34)16(25)11-14-12-29-17-6-3-2-5-15(14)17/h2-3,5-6,12,16,18-19,29H,4,7-11,13,25H2,1H3,(H,30,35)(H,31,33)(H,32,34)(H,36,37)(H4,26,27,28). The first-order valence-corrected chi connectivity index (χ1v) is 13.5. The molecule has 0 radical (unpaired) electrons. The molecule has 11 N–H and O–H groups in total. The Morgan fingerprint density at radius 3 is 2.50 bits per heavy atom. The highest BCUT2D eigenvalue weighted by atomic mass is 32.2. The molecule has 0 bridgehead atoms. The Morgan fingerprint density at radius 1 is 1.08 bits per heavy atom. The lowest BCUT2D eigenvalue weighted by Gasteiger charge is -2.21. The van der Waals surface area contributed by atoms with Crippen LogP contribution in [-0.4, -0.2) is 83.0 Å². The molecule has 3 amide bonds. The minimum Gasteiger partial charge on any atom is -0.480 e. The number of carbonyl (C=O) groups excluding carboxylic acids is 3. The van der Waals surface area contributed by atoms with Crippen molar-refractivity contribution in [3.8, 4) is 0 Å². The molecule has 208 valence electrons. The highest BCUT2D eigenvalue weighted by molar-refractivity contribution is 7.98. The summed E-state index contributed by atoms with van der Waals surface area (Å²) < 4.78 is 0. The van der Waals surface area contributed by atoms with Crippen molar-refractivity contribution >= 4 is 52.3 Å². The number of aromatic nitrogens is 1. The Balaban J connectivity index is 1.99. The third-order valence-electron chi connectivity index (χ3n) is 5.70. The van der Waals surface area contributed by atoms with Gasteiger partial charge in [-0.2, -0.15) is 11.8 Å². The molecule has 2 aromatic rings. The Kier molecular flexibility index (Phi) is 12.4. The van der Waals surface area contributed by atoms with Crippen LogP contribution in [0.4, 0.5) is 0 Å². The number of aliphatic carboxylic acids is 1. The number of hydrogen-bond acceptors (Lipinski definition) is 7. The van der Waals surface area contributed by atoms with Crippen molar-refractivity contribution in [2.45, 2.75) is 43.8 Å². The van der Waals surface area contributed by atoms with E-state index in [9.17, 15) is 24.3 Å². The second-order valence-corrected chi connectivity index (χ2v) is 9.62. The molecule has 3 unspecified atom stereocenters. The number of rotatable bonds is 16. The van der Waals surface area contributed by atoms with Crippen molar-refractivity contribution in [1.29, 1.82) is 0 Å². The molecule has 38 heavy (non-hydrogen) atoms. The van der Waals surface area contributed by atoms with Crippen LogP contribution in [0, 0.1) is 0 Å². The largest absolute Gasteiger partial charge is 0.480 e. The van der Waals surface area contributed by atoms with Crippen molar-refractivity contribution in [1.82, 2.24) is 20.9 Å². The fraction of sp³-hybridized carbons (Fsp3) is 0.458. The molecule has 0 aliphatic heterocycles. The van der Waals surface area contributed by atoms with E-state index in [0.29, 0.717) is 12.2 Å². The van der Waals surface area contributed by atoms with Gasteiger partial charge in [0.1, 0.15) is 12.1 Å². The Labute approximate surface area is 224 Å². The van der Waals surface area contributed by atoms with E-state index in [1.165, 1.54) is 11.8 Å². The number of nitrogens with two attached hydrogens (primary N) is 3. The van der Waals surface area contributed by atoms with Crippen LogP contribution in [0.5, 0.6) is 0 Å². The van der Waals surface area contributed by atoms with Crippen LogP contribution in [0.2, 0.25) is 0 Å². The van der Waals surface area contributed by atoms with Crippen LogP contribution in [-0.2, 0) is 25.6 Å². The molecular formula is C24H36N8O5S. The summed E-state index contributed by atoms with van der Waals surface area (Å²) in [5.74, 6) is -2.52. The van der Waals surface area contributed by atoms with Crippen LogP contribution in [0.25, 0.3) is 10.9 Å². The van der Waals surface area contributed by atoms with Crippen LogP contribution in [0.1, 0.15) is 24.8 Å². The van der Waals surface area contributed by atoms with Gasteiger partial charge in [-0.1, -0.05) is 18.2 Å². The van der Waals surface area contributed by atoms with Gasteiger partial charge in [0.25, 0.3) is 0 Å². The van der Waals surface area contributed by atoms with Crippen LogP contribution < -0.4 is 33.2 Å². The van der Waals surface area contributed by atoms with E-state index in [-0.39, 0.29) is 31.8 Å². The summed E-state index contributed by atoms with van der Waals surface area (Å²) in [4.78, 5) is 56.3. The van der Waals surface area contributed by atoms with Gasteiger partial charge in [0.15, 0.2) is 5.96 Å². The molecule has 1 heterocycles. The quantitative estimate of drug-likeness (QED) is 0.0730. The van der Waals surface area contributed by atoms with Gasteiger partial charge in [0.05, 0.1) is 12.6 Å². The van der Waals surface area contributed by atoms with Gasteiger partial charge in [-0.25, -0.2) is 4.79 Å². The lowest BCUT2D eigenvalue weighted by atomic mass is 10.0. The molecule has 13 nitrogen and oxygen atoms in total. The maximum absolute atomic E-state index is 12.9. The van der Waals surface area contributed by atoms with Crippen LogP contribution >= 0.6 is 11.8 Å². The summed E-state index contributed by atoms with van der Waals surface area (Å²) >= 11 is 1.46. The molecule has 2 rings (SSSR count). The van der Waals surface area contributed by atoms with Crippen molar-refractivity contribution in [3.05, 3.63) is 36.0 Å². The van der Waals surface area contributed by atoms with Crippen LogP contribution in [0.15, 0.2) is 35.5 Å². The summed E-state index contributed by atoms with van der Waals surface area (Å²) in [6.45, 7) is -0.219. The molecule has 1 aromatic heterocycles. The number of hydrogen-bond donors (Lipinski definition) is 8. The van der Waals surface area contributed by atoms with E-state index in [1.54, 1.807) is 6.20 Å². The summed E-state index contributed by atoms with van der Waals surface area (Å²) in [5.41, 5.74) is 18.6. The van der Waals surface area contributed by atoms with E-state index in [2.05, 4.69) is 25.9 Å². The minimum absolute atomic E-state index is 0.0954. The SMILES string of the molecule is CSCCC(NC(=O)CNC(=O)C(CCCN=C(N)N)NC(=O)C(N)Cc1c[nH]c2ccccc12)C(=O)O. The zero-order valence-electron chi connectivity index (χ0n) is 21.2. The first-order valence-electron chi connectivity index (χ1n) is 12.1. The summed E-state index contributed by atoms with van der Waals surface area (Å²) in [6.07, 6.45) is 4.66. The maximum atomic E-state index is 12.9. The molecule has 0 fully saturated rings. The molecule has 0 aliphatic rings. The Hall–Kier alpha value is -3.78. The third-order valence-corrected chi connectivity index (χ3v) is 6.34. The van der Waals surface area contributed by atoms with E-state index in [1.807, 2.05) is 30.5 Å². The van der Waals surface area contributed by atoms with E-state index < -0.39 is 48.4 Å². The number of benzene rings is 1. The van der Waals surface area contributed by atoms with Crippen molar-refractivity contribution in [2.75, 3.05) is 25.1 Å². The average Bonchev–Trinajstić information content (AvgIpc) is 3.29. The number of amides is 3. The average molecular weight is 549 g/mol. The number of carboxylic acid groups (broad SMARTS) is 1. The topological polar surface area (TPSA) is 231 Å². The molecule has 3 atom stereocenters. The molecule has 14 heteroatoms. The number of fused-ring (bicyclic) bond motifs is 1. The highest BCUT2D eigenvalue weighted by Gasteiger charge is 2.25. The number of thioether (sulfide) groups is 1. The predicted molar refractivity (Wildman–Crippen MR) is 147 cm³/mol. The fourth-order valence-electron chi connectivity index (χ4n) is 3.71. The monoisotopic (exact) mass is 548 g/mol. The smallest absolute Gasteiger partial charge is 0.326 e. The second-order valence-electron chi connectivity index (χ2n) is 8.64. The van der Waals surface area contributed by atoms with Gasteiger partial charge < -0.3 is 43.2 Å². The Morgan fingerprint density at radius 2 is 1.82 bits per heavy atom.